The molecule has 0 atom stereocenters. The maximum absolute atomic E-state index is 10.9. The van der Waals surface area contributed by atoms with Gasteiger partial charge in [0, 0.05) is 0 Å². The zero-order chi connectivity index (χ0) is 10.2. The van der Waals surface area contributed by atoms with Crippen molar-refractivity contribution in [2.75, 3.05) is 0 Å². The van der Waals surface area contributed by atoms with Crippen LogP contribution in [0.3, 0.4) is 0 Å². The fourth-order valence-electron chi connectivity index (χ4n) is 1.37. The van der Waals surface area contributed by atoms with E-state index in [1.807, 2.05) is 20.8 Å². The van der Waals surface area contributed by atoms with Crippen molar-refractivity contribution in [3.05, 3.63) is 0 Å². The SMILES string of the molecule is CC(C)(C)CC(C)(C)S(=O)(=O)O. The summed E-state index contributed by atoms with van der Waals surface area (Å²) in [6, 6.07) is 0. The molecule has 0 rings (SSSR count). The highest BCUT2D eigenvalue weighted by atomic mass is 32.2. The molecule has 74 valence electrons. The van der Waals surface area contributed by atoms with Gasteiger partial charge in [0.15, 0.2) is 0 Å². The Labute approximate surface area is 74.9 Å². The molecule has 0 spiro atoms. The summed E-state index contributed by atoms with van der Waals surface area (Å²) < 4.78 is 29.6. The highest BCUT2D eigenvalue weighted by Crippen LogP contribution is 2.31. The van der Waals surface area contributed by atoms with Crippen molar-refractivity contribution in [2.24, 2.45) is 5.41 Å². The number of hydrogen-bond acceptors (Lipinski definition) is 2. The molecule has 0 bridgehead atoms. The Hall–Kier alpha value is -0.0900. The monoisotopic (exact) mass is 194 g/mol. The summed E-state index contributed by atoms with van der Waals surface area (Å²) in [5, 5.41) is 0. The molecule has 0 radical (unpaired) electrons. The van der Waals surface area contributed by atoms with Crippen molar-refractivity contribution in [1.82, 2.24) is 0 Å². The molecule has 3 nitrogen and oxygen atoms in total. The van der Waals surface area contributed by atoms with E-state index < -0.39 is 14.9 Å². The minimum absolute atomic E-state index is 0.0979. The lowest BCUT2D eigenvalue weighted by molar-refractivity contribution is 0.314. The van der Waals surface area contributed by atoms with E-state index in [0.717, 1.165) is 0 Å². The van der Waals surface area contributed by atoms with Crippen LogP contribution in [0.5, 0.6) is 0 Å². The van der Waals surface area contributed by atoms with E-state index in [-0.39, 0.29) is 5.41 Å². The van der Waals surface area contributed by atoms with Crippen LogP contribution in [0.2, 0.25) is 0 Å². The first-order valence-corrected chi connectivity index (χ1v) is 5.37. The minimum atomic E-state index is -3.94. The van der Waals surface area contributed by atoms with Gasteiger partial charge in [-0.15, -0.1) is 0 Å². The molecule has 0 saturated carbocycles. The molecule has 0 aromatic carbocycles. The third-order valence-electron chi connectivity index (χ3n) is 1.65. The second-order valence-electron chi connectivity index (χ2n) is 4.97. The maximum atomic E-state index is 10.9. The van der Waals surface area contributed by atoms with Crippen LogP contribution in [0.1, 0.15) is 41.0 Å². The summed E-state index contributed by atoms with van der Waals surface area (Å²) in [5.74, 6) is 0. The number of hydrogen-bond donors (Lipinski definition) is 1. The van der Waals surface area contributed by atoms with Gasteiger partial charge >= 0.3 is 0 Å². The molecule has 0 aliphatic rings. The lowest BCUT2D eigenvalue weighted by atomic mass is 9.86. The van der Waals surface area contributed by atoms with Crippen LogP contribution in [0.4, 0.5) is 0 Å². The van der Waals surface area contributed by atoms with Gasteiger partial charge in [0.25, 0.3) is 10.1 Å². The number of rotatable bonds is 2. The Kier molecular flexibility index (Phi) is 2.97. The maximum Gasteiger partial charge on any atom is 0.270 e. The van der Waals surface area contributed by atoms with Crippen LogP contribution in [0.25, 0.3) is 0 Å². The van der Waals surface area contributed by atoms with E-state index in [9.17, 15) is 8.42 Å². The van der Waals surface area contributed by atoms with Gasteiger partial charge in [0.05, 0.1) is 4.75 Å². The predicted octanol–water partition coefficient (Wildman–Crippen LogP) is 2.09. The topological polar surface area (TPSA) is 54.4 Å². The average Bonchev–Trinajstić information content (AvgIpc) is 1.52. The predicted molar refractivity (Wildman–Crippen MR) is 49.7 cm³/mol. The second-order valence-corrected chi connectivity index (χ2v) is 7.03. The zero-order valence-electron chi connectivity index (χ0n) is 8.38. The van der Waals surface area contributed by atoms with Gasteiger partial charge in [-0.3, -0.25) is 4.55 Å². The Bertz CT molecular complexity index is 244. The molecule has 12 heavy (non-hydrogen) atoms. The first-order valence-electron chi connectivity index (χ1n) is 3.93. The normalized spacial score (nSPS) is 14.8. The van der Waals surface area contributed by atoms with Crippen LogP contribution in [0, 0.1) is 5.41 Å². The van der Waals surface area contributed by atoms with Gasteiger partial charge in [-0.05, 0) is 25.7 Å². The molecule has 0 amide bonds. The first kappa shape index (κ1) is 11.9. The van der Waals surface area contributed by atoms with Crippen molar-refractivity contribution >= 4 is 10.1 Å². The Morgan fingerprint density at radius 3 is 1.50 bits per heavy atom. The second kappa shape index (κ2) is 3.00. The summed E-state index contributed by atoms with van der Waals surface area (Å²) >= 11 is 0. The molecular weight excluding hydrogens is 176 g/mol. The van der Waals surface area contributed by atoms with Gasteiger partial charge in [0.2, 0.25) is 0 Å². The van der Waals surface area contributed by atoms with E-state index in [4.69, 9.17) is 4.55 Å². The summed E-state index contributed by atoms with van der Waals surface area (Å²) in [4.78, 5) is 0. The van der Waals surface area contributed by atoms with Crippen LogP contribution in [-0.2, 0) is 10.1 Å². The first-order chi connectivity index (χ1) is 4.96. The molecule has 0 saturated heterocycles. The average molecular weight is 194 g/mol. The van der Waals surface area contributed by atoms with E-state index in [2.05, 4.69) is 0 Å². The highest BCUT2D eigenvalue weighted by Gasteiger charge is 2.36. The highest BCUT2D eigenvalue weighted by molar-refractivity contribution is 7.87. The fourth-order valence-corrected chi connectivity index (χ4v) is 1.98. The van der Waals surface area contributed by atoms with Crippen molar-refractivity contribution in [2.45, 2.75) is 45.8 Å². The summed E-state index contributed by atoms with van der Waals surface area (Å²) in [6.07, 6.45) is 0.443. The molecule has 0 fully saturated rings. The molecule has 0 heterocycles. The van der Waals surface area contributed by atoms with Gasteiger partial charge in [-0.25, -0.2) is 0 Å². The van der Waals surface area contributed by atoms with Crippen molar-refractivity contribution < 1.29 is 13.0 Å². The lowest BCUT2D eigenvalue weighted by Gasteiger charge is -2.29. The van der Waals surface area contributed by atoms with Crippen LogP contribution in [-0.4, -0.2) is 17.7 Å². The third-order valence-corrected chi connectivity index (χ3v) is 3.20. The Morgan fingerprint density at radius 2 is 1.42 bits per heavy atom. The van der Waals surface area contributed by atoms with E-state index in [1.54, 1.807) is 0 Å². The lowest BCUT2D eigenvalue weighted by Crippen LogP contribution is -2.35. The Morgan fingerprint density at radius 1 is 1.08 bits per heavy atom. The fraction of sp³-hybridized carbons (Fsp3) is 1.00. The molecule has 0 aliphatic carbocycles. The van der Waals surface area contributed by atoms with Gasteiger partial charge in [0.1, 0.15) is 0 Å². The van der Waals surface area contributed by atoms with Crippen molar-refractivity contribution in [1.29, 1.82) is 0 Å². The summed E-state index contributed by atoms with van der Waals surface area (Å²) in [7, 11) is -3.94. The third kappa shape index (κ3) is 3.54. The largest absolute Gasteiger partial charge is 0.285 e. The molecule has 0 aromatic heterocycles. The smallest absolute Gasteiger partial charge is 0.270 e. The molecule has 1 N–H and O–H groups in total. The van der Waals surface area contributed by atoms with Gasteiger partial charge in [-0.1, -0.05) is 20.8 Å². The quantitative estimate of drug-likeness (QED) is 0.685. The standard InChI is InChI=1S/C8H18O3S/c1-7(2,3)6-8(4,5)12(9,10)11/h6H2,1-5H3,(H,9,10,11). The molecule has 0 aromatic rings. The molecule has 0 aliphatic heterocycles. The zero-order valence-corrected chi connectivity index (χ0v) is 9.20. The minimum Gasteiger partial charge on any atom is -0.285 e. The van der Waals surface area contributed by atoms with Crippen LogP contribution >= 0.6 is 0 Å². The molecule has 0 unspecified atom stereocenters. The van der Waals surface area contributed by atoms with E-state index >= 15 is 0 Å². The van der Waals surface area contributed by atoms with E-state index in [0.29, 0.717) is 6.42 Å². The summed E-state index contributed by atoms with van der Waals surface area (Å²) in [6.45, 7) is 8.90. The van der Waals surface area contributed by atoms with Crippen LogP contribution < -0.4 is 0 Å². The van der Waals surface area contributed by atoms with Crippen molar-refractivity contribution in [3.8, 4) is 0 Å². The molecular formula is C8H18O3S. The molecule has 4 heteroatoms. The van der Waals surface area contributed by atoms with Crippen molar-refractivity contribution in [3.63, 3.8) is 0 Å². The van der Waals surface area contributed by atoms with Crippen LogP contribution in [0.15, 0.2) is 0 Å². The van der Waals surface area contributed by atoms with Gasteiger partial charge < -0.3 is 0 Å². The van der Waals surface area contributed by atoms with E-state index in [1.165, 1.54) is 13.8 Å². The van der Waals surface area contributed by atoms with Gasteiger partial charge in [-0.2, -0.15) is 8.42 Å². The Balaban J connectivity index is 4.68. The summed E-state index contributed by atoms with van der Waals surface area (Å²) in [5.41, 5.74) is -0.0979.